The first-order chi connectivity index (χ1) is 11.1. The predicted molar refractivity (Wildman–Crippen MR) is 90.1 cm³/mol. The third kappa shape index (κ3) is 3.59. The van der Waals surface area contributed by atoms with Gasteiger partial charge in [-0.15, -0.1) is 0 Å². The molecule has 1 amide bonds. The van der Waals surface area contributed by atoms with Gasteiger partial charge in [0, 0.05) is 30.7 Å². The number of piperidine rings is 1. The predicted octanol–water partition coefficient (Wildman–Crippen LogP) is 2.32. The van der Waals surface area contributed by atoms with Crippen LogP contribution in [0.3, 0.4) is 0 Å². The fourth-order valence-electron chi connectivity index (χ4n) is 2.75. The first-order valence-corrected chi connectivity index (χ1v) is 7.86. The number of aryl methyl sites for hydroxylation is 1. The van der Waals surface area contributed by atoms with Gasteiger partial charge in [-0.3, -0.25) is 9.59 Å². The number of carbonyl (C=O) groups is 1. The molecule has 0 atom stereocenters. The van der Waals surface area contributed by atoms with E-state index >= 15 is 0 Å². The standard InChI is InChI=1S/C17H20N4O2/c1-12-18-11-15(16(22)19-12)17(23)20-13-5-7-14(8-6-13)21-9-3-2-4-10-21/h5-8,11H,2-4,9-10H2,1H3,(H,20,23)(H,18,19,22). The number of nitrogens with zero attached hydrogens (tertiary/aromatic N) is 2. The Bertz CT molecular complexity index is 746. The van der Waals surface area contributed by atoms with Crippen molar-refractivity contribution in [3.05, 3.63) is 52.2 Å². The van der Waals surface area contributed by atoms with E-state index in [0.29, 0.717) is 11.5 Å². The molecule has 0 unspecified atom stereocenters. The molecular formula is C17H20N4O2. The van der Waals surface area contributed by atoms with Gasteiger partial charge in [0.1, 0.15) is 11.4 Å². The molecule has 6 heteroatoms. The summed E-state index contributed by atoms with van der Waals surface area (Å²) < 4.78 is 0. The maximum absolute atomic E-state index is 12.2. The lowest BCUT2D eigenvalue weighted by Crippen LogP contribution is -2.29. The Labute approximate surface area is 134 Å². The maximum Gasteiger partial charge on any atom is 0.263 e. The summed E-state index contributed by atoms with van der Waals surface area (Å²) in [4.78, 5) is 32.7. The summed E-state index contributed by atoms with van der Waals surface area (Å²) in [7, 11) is 0. The molecule has 1 saturated heterocycles. The third-order valence-electron chi connectivity index (χ3n) is 4.02. The molecular weight excluding hydrogens is 292 g/mol. The molecule has 0 saturated carbocycles. The molecule has 1 aliphatic rings. The van der Waals surface area contributed by atoms with Crippen LogP contribution in [0.2, 0.25) is 0 Å². The van der Waals surface area contributed by atoms with E-state index in [0.717, 1.165) is 18.8 Å². The van der Waals surface area contributed by atoms with Crippen molar-refractivity contribution in [1.29, 1.82) is 0 Å². The minimum absolute atomic E-state index is 0.00991. The van der Waals surface area contributed by atoms with Gasteiger partial charge < -0.3 is 15.2 Å². The van der Waals surface area contributed by atoms with Crippen LogP contribution in [0, 0.1) is 6.92 Å². The Kier molecular flexibility index (Phi) is 4.41. The Morgan fingerprint density at radius 1 is 1.17 bits per heavy atom. The second-order valence-corrected chi connectivity index (χ2v) is 5.76. The average Bonchev–Trinajstić information content (AvgIpc) is 2.56. The largest absolute Gasteiger partial charge is 0.372 e. The van der Waals surface area contributed by atoms with Crippen molar-refractivity contribution < 1.29 is 4.79 Å². The topological polar surface area (TPSA) is 78.1 Å². The number of aromatic amines is 1. The van der Waals surface area contributed by atoms with Crippen LogP contribution >= 0.6 is 0 Å². The number of hydrogen-bond donors (Lipinski definition) is 2. The van der Waals surface area contributed by atoms with Crippen molar-refractivity contribution in [2.75, 3.05) is 23.3 Å². The zero-order chi connectivity index (χ0) is 16.2. The molecule has 1 aromatic carbocycles. The van der Waals surface area contributed by atoms with Crippen molar-refractivity contribution >= 4 is 17.3 Å². The zero-order valence-corrected chi connectivity index (χ0v) is 13.1. The second kappa shape index (κ2) is 6.64. The van der Waals surface area contributed by atoms with Crippen LogP contribution in [0.25, 0.3) is 0 Å². The van der Waals surface area contributed by atoms with Crippen molar-refractivity contribution in [1.82, 2.24) is 9.97 Å². The molecule has 0 radical (unpaired) electrons. The number of hydrogen-bond acceptors (Lipinski definition) is 4. The number of anilines is 2. The van der Waals surface area contributed by atoms with E-state index in [4.69, 9.17) is 0 Å². The Morgan fingerprint density at radius 3 is 2.52 bits per heavy atom. The lowest BCUT2D eigenvalue weighted by Gasteiger charge is -2.28. The van der Waals surface area contributed by atoms with E-state index in [1.54, 1.807) is 6.92 Å². The van der Waals surface area contributed by atoms with Gasteiger partial charge in [-0.25, -0.2) is 4.98 Å². The molecule has 0 bridgehead atoms. The van der Waals surface area contributed by atoms with E-state index in [1.165, 1.54) is 25.5 Å². The summed E-state index contributed by atoms with van der Waals surface area (Å²) in [6.07, 6.45) is 5.04. The maximum atomic E-state index is 12.2. The summed E-state index contributed by atoms with van der Waals surface area (Å²) in [6.45, 7) is 3.83. The molecule has 2 aromatic rings. The Hall–Kier alpha value is -2.63. The highest BCUT2D eigenvalue weighted by Crippen LogP contribution is 2.21. The third-order valence-corrected chi connectivity index (χ3v) is 4.02. The molecule has 1 aliphatic heterocycles. The normalized spacial score (nSPS) is 14.6. The van der Waals surface area contributed by atoms with Crippen LogP contribution in [0.5, 0.6) is 0 Å². The molecule has 23 heavy (non-hydrogen) atoms. The number of aromatic nitrogens is 2. The number of H-pyrrole nitrogens is 1. The van der Waals surface area contributed by atoms with E-state index in [9.17, 15) is 9.59 Å². The minimum Gasteiger partial charge on any atom is -0.372 e. The molecule has 2 heterocycles. The zero-order valence-electron chi connectivity index (χ0n) is 13.1. The minimum atomic E-state index is -0.454. The van der Waals surface area contributed by atoms with Crippen LogP contribution in [-0.2, 0) is 0 Å². The molecule has 1 aromatic heterocycles. The van der Waals surface area contributed by atoms with Crippen molar-refractivity contribution in [3.63, 3.8) is 0 Å². The molecule has 3 rings (SSSR count). The molecule has 1 fully saturated rings. The van der Waals surface area contributed by atoms with Crippen molar-refractivity contribution in [3.8, 4) is 0 Å². The Morgan fingerprint density at radius 2 is 1.87 bits per heavy atom. The molecule has 2 N–H and O–H groups in total. The van der Waals surface area contributed by atoms with Crippen LogP contribution in [0.1, 0.15) is 35.4 Å². The van der Waals surface area contributed by atoms with E-state index in [-0.39, 0.29) is 5.56 Å². The summed E-state index contributed by atoms with van der Waals surface area (Å²) >= 11 is 0. The highest BCUT2D eigenvalue weighted by atomic mass is 16.2. The first kappa shape index (κ1) is 15.3. The van der Waals surface area contributed by atoms with E-state index in [1.807, 2.05) is 24.3 Å². The molecule has 0 aliphatic carbocycles. The molecule has 6 nitrogen and oxygen atoms in total. The van der Waals surface area contributed by atoms with Crippen molar-refractivity contribution in [2.45, 2.75) is 26.2 Å². The first-order valence-electron chi connectivity index (χ1n) is 7.86. The number of rotatable bonds is 3. The van der Waals surface area contributed by atoms with E-state index < -0.39 is 11.5 Å². The lowest BCUT2D eigenvalue weighted by molar-refractivity contribution is 0.102. The highest BCUT2D eigenvalue weighted by Gasteiger charge is 2.13. The van der Waals surface area contributed by atoms with Gasteiger partial charge in [0.25, 0.3) is 11.5 Å². The number of carbonyl (C=O) groups excluding carboxylic acids is 1. The van der Waals surface area contributed by atoms with Gasteiger partial charge in [0.2, 0.25) is 0 Å². The summed E-state index contributed by atoms with van der Waals surface area (Å²) in [6, 6.07) is 7.71. The van der Waals surface area contributed by atoms with Gasteiger partial charge in [-0.2, -0.15) is 0 Å². The van der Waals surface area contributed by atoms with Crippen LogP contribution in [-0.4, -0.2) is 29.0 Å². The summed E-state index contributed by atoms with van der Waals surface area (Å²) in [5.74, 6) is 0.0295. The molecule has 120 valence electrons. The van der Waals surface area contributed by atoms with Crippen LogP contribution < -0.4 is 15.8 Å². The fourth-order valence-corrected chi connectivity index (χ4v) is 2.75. The smallest absolute Gasteiger partial charge is 0.263 e. The van der Waals surface area contributed by atoms with Gasteiger partial charge in [-0.05, 0) is 50.5 Å². The summed E-state index contributed by atoms with van der Waals surface area (Å²) in [5.41, 5.74) is 1.41. The number of nitrogens with one attached hydrogen (secondary N) is 2. The van der Waals surface area contributed by atoms with Gasteiger partial charge in [0.05, 0.1) is 0 Å². The monoisotopic (exact) mass is 312 g/mol. The van der Waals surface area contributed by atoms with Gasteiger partial charge in [0.15, 0.2) is 0 Å². The number of benzene rings is 1. The SMILES string of the molecule is Cc1ncc(C(=O)Nc2ccc(N3CCCCC3)cc2)c(=O)[nH]1. The van der Waals surface area contributed by atoms with Gasteiger partial charge in [-0.1, -0.05) is 0 Å². The van der Waals surface area contributed by atoms with Gasteiger partial charge >= 0.3 is 0 Å². The lowest BCUT2D eigenvalue weighted by atomic mass is 10.1. The van der Waals surface area contributed by atoms with E-state index in [2.05, 4.69) is 20.2 Å². The molecule has 0 spiro atoms. The van der Waals surface area contributed by atoms with Crippen LogP contribution in [0.15, 0.2) is 35.3 Å². The van der Waals surface area contributed by atoms with Crippen molar-refractivity contribution in [2.24, 2.45) is 0 Å². The summed E-state index contributed by atoms with van der Waals surface area (Å²) in [5, 5.41) is 2.73. The number of amides is 1. The highest BCUT2D eigenvalue weighted by molar-refractivity contribution is 6.03. The Balaban J connectivity index is 1.70. The quantitative estimate of drug-likeness (QED) is 0.912. The van der Waals surface area contributed by atoms with Crippen LogP contribution in [0.4, 0.5) is 11.4 Å². The fraction of sp³-hybridized carbons (Fsp3) is 0.353. The average molecular weight is 312 g/mol. The second-order valence-electron chi connectivity index (χ2n) is 5.76.